The minimum atomic E-state index is -0.867. The van der Waals surface area contributed by atoms with Crippen LogP contribution in [0.3, 0.4) is 0 Å². The second-order valence-corrected chi connectivity index (χ2v) is 7.59. The molecule has 3 heterocycles. The molecule has 0 unspecified atom stereocenters. The number of fused-ring (bicyclic) bond motifs is 1. The summed E-state index contributed by atoms with van der Waals surface area (Å²) < 4.78 is 34.3. The number of halogens is 2. The van der Waals surface area contributed by atoms with Gasteiger partial charge in [-0.15, -0.1) is 0 Å². The molecule has 0 N–H and O–H groups in total. The predicted octanol–water partition coefficient (Wildman–Crippen LogP) is 1.69. The lowest BCUT2D eigenvalue weighted by Gasteiger charge is -2.28. The molecule has 9 heteroatoms. The molecule has 1 aromatic carbocycles. The summed E-state index contributed by atoms with van der Waals surface area (Å²) in [4.78, 5) is 28.6. The first-order valence-electron chi connectivity index (χ1n) is 10.1. The van der Waals surface area contributed by atoms with Crippen molar-refractivity contribution in [1.29, 1.82) is 0 Å². The Balaban J connectivity index is 1.47. The molecule has 1 fully saturated rings. The Hall–Kier alpha value is -2.81. The lowest BCUT2D eigenvalue weighted by molar-refractivity contribution is -0.135. The number of aryl methyl sites for hydroxylation is 2. The molecule has 2 amide bonds. The summed E-state index contributed by atoms with van der Waals surface area (Å²) in [6.07, 6.45) is 1.40. The van der Waals surface area contributed by atoms with Gasteiger partial charge in [-0.2, -0.15) is 5.10 Å². The highest BCUT2D eigenvalue weighted by Gasteiger charge is 2.29. The topological polar surface area (TPSA) is 67.7 Å². The zero-order valence-electron chi connectivity index (χ0n) is 16.9. The maximum Gasteiger partial charge on any atom is 0.257 e. The van der Waals surface area contributed by atoms with Gasteiger partial charge in [-0.05, 0) is 12.1 Å². The van der Waals surface area contributed by atoms with Crippen molar-refractivity contribution in [3.63, 3.8) is 0 Å². The quantitative estimate of drug-likeness (QED) is 0.758. The fourth-order valence-electron chi connectivity index (χ4n) is 4.07. The summed E-state index contributed by atoms with van der Waals surface area (Å²) >= 11 is 0. The van der Waals surface area contributed by atoms with Crippen LogP contribution in [0.25, 0.3) is 0 Å². The van der Waals surface area contributed by atoms with Gasteiger partial charge in [0.1, 0.15) is 11.6 Å². The van der Waals surface area contributed by atoms with Gasteiger partial charge in [0.15, 0.2) is 0 Å². The van der Waals surface area contributed by atoms with Crippen LogP contribution in [0.1, 0.15) is 33.7 Å². The van der Waals surface area contributed by atoms with E-state index in [1.54, 1.807) is 14.5 Å². The molecule has 4 rings (SSSR count). The number of ether oxygens (including phenoxy) is 1. The number of amides is 2. The van der Waals surface area contributed by atoms with E-state index in [1.807, 2.05) is 7.05 Å². The number of morpholine rings is 1. The first-order chi connectivity index (χ1) is 14.4. The summed E-state index contributed by atoms with van der Waals surface area (Å²) in [6, 6.07) is 2.97. The van der Waals surface area contributed by atoms with Gasteiger partial charge in [0.05, 0.1) is 24.5 Å². The van der Waals surface area contributed by atoms with Crippen molar-refractivity contribution < 1.29 is 23.1 Å². The molecule has 30 heavy (non-hydrogen) atoms. The summed E-state index contributed by atoms with van der Waals surface area (Å²) in [7, 11) is 1.85. The Morgan fingerprint density at radius 1 is 1.13 bits per heavy atom. The summed E-state index contributed by atoms with van der Waals surface area (Å²) in [5, 5.41) is 4.56. The molecule has 0 aliphatic carbocycles. The minimum Gasteiger partial charge on any atom is -0.378 e. The largest absolute Gasteiger partial charge is 0.378 e. The van der Waals surface area contributed by atoms with Gasteiger partial charge >= 0.3 is 0 Å². The van der Waals surface area contributed by atoms with E-state index in [0.717, 1.165) is 29.1 Å². The molecule has 0 radical (unpaired) electrons. The predicted molar refractivity (Wildman–Crippen MR) is 104 cm³/mol. The zero-order valence-corrected chi connectivity index (χ0v) is 16.9. The molecular weight excluding hydrogens is 394 g/mol. The van der Waals surface area contributed by atoms with Crippen LogP contribution in [0, 0.1) is 11.6 Å². The summed E-state index contributed by atoms with van der Waals surface area (Å²) in [5.41, 5.74) is 2.57. The van der Waals surface area contributed by atoms with E-state index < -0.39 is 17.5 Å². The van der Waals surface area contributed by atoms with Crippen molar-refractivity contribution in [2.24, 2.45) is 7.05 Å². The first-order valence-corrected chi connectivity index (χ1v) is 10.1. The van der Waals surface area contributed by atoms with Crippen LogP contribution >= 0.6 is 0 Å². The number of hydrogen-bond acceptors (Lipinski definition) is 4. The van der Waals surface area contributed by atoms with Crippen molar-refractivity contribution in [3.8, 4) is 0 Å². The summed E-state index contributed by atoms with van der Waals surface area (Å²) in [5.74, 6) is -2.00. The van der Waals surface area contributed by atoms with Gasteiger partial charge in [-0.3, -0.25) is 14.3 Å². The average molecular weight is 418 g/mol. The molecule has 2 aliphatic heterocycles. The number of rotatable bonds is 4. The third-order valence-corrected chi connectivity index (χ3v) is 5.71. The monoisotopic (exact) mass is 418 g/mol. The third-order valence-electron chi connectivity index (χ3n) is 5.71. The zero-order chi connectivity index (χ0) is 21.3. The maximum absolute atomic E-state index is 14.1. The molecule has 7 nitrogen and oxygen atoms in total. The van der Waals surface area contributed by atoms with Crippen LogP contribution in [0.2, 0.25) is 0 Å². The Bertz CT molecular complexity index is 969. The van der Waals surface area contributed by atoms with Crippen LogP contribution in [0.15, 0.2) is 18.2 Å². The Morgan fingerprint density at radius 2 is 1.90 bits per heavy atom. The van der Waals surface area contributed by atoms with Crippen LogP contribution in [0.4, 0.5) is 8.78 Å². The van der Waals surface area contributed by atoms with Gasteiger partial charge in [0.25, 0.3) is 5.91 Å². The van der Waals surface area contributed by atoms with E-state index in [-0.39, 0.29) is 11.5 Å². The molecule has 0 spiro atoms. The van der Waals surface area contributed by atoms with Gasteiger partial charge < -0.3 is 14.5 Å². The van der Waals surface area contributed by atoms with Crippen molar-refractivity contribution in [2.45, 2.75) is 25.8 Å². The number of aromatic nitrogens is 2. The number of carbonyl (C=O) groups is 2. The van der Waals surface area contributed by atoms with Crippen LogP contribution < -0.4 is 0 Å². The Kier molecular flexibility index (Phi) is 5.80. The second-order valence-electron chi connectivity index (χ2n) is 7.59. The minimum absolute atomic E-state index is 0.0647. The number of carbonyl (C=O) groups excluding carboxylic acids is 2. The van der Waals surface area contributed by atoms with Crippen molar-refractivity contribution in [3.05, 3.63) is 52.3 Å². The third kappa shape index (κ3) is 4.07. The number of hydrogen-bond donors (Lipinski definition) is 0. The smallest absolute Gasteiger partial charge is 0.257 e. The Labute approximate surface area is 173 Å². The molecule has 2 aliphatic rings. The highest BCUT2D eigenvalue weighted by atomic mass is 19.1. The highest BCUT2D eigenvalue weighted by molar-refractivity contribution is 5.94. The van der Waals surface area contributed by atoms with E-state index >= 15 is 0 Å². The molecule has 0 saturated carbocycles. The normalized spacial score (nSPS) is 16.5. The fraction of sp³-hybridized carbons (Fsp3) is 0.476. The summed E-state index contributed by atoms with van der Waals surface area (Å²) in [6.45, 7) is 3.03. The molecule has 1 saturated heterocycles. The Morgan fingerprint density at radius 3 is 2.63 bits per heavy atom. The number of nitrogens with zero attached hydrogens (tertiary/aromatic N) is 4. The van der Waals surface area contributed by atoms with Gasteiger partial charge in [0, 0.05) is 69.8 Å². The lowest BCUT2D eigenvalue weighted by Crippen LogP contribution is -2.40. The van der Waals surface area contributed by atoms with E-state index in [1.165, 1.54) is 6.07 Å². The first kappa shape index (κ1) is 20.5. The SMILES string of the molecule is Cn1nc(CCC(=O)N2CCOCC2)c2c1CCN(C(=O)c1ccc(F)cc1F)C2. The van der Waals surface area contributed by atoms with E-state index in [9.17, 15) is 18.4 Å². The standard InChI is InChI=1S/C21H24F2N4O3/c1-25-19-6-7-27(21(29)15-3-2-14(22)12-17(15)23)13-16(19)18(24-25)4-5-20(28)26-8-10-30-11-9-26/h2-3,12H,4-11,13H2,1H3. The molecule has 1 aromatic heterocycles. The van der Waals surface area contributed by atoms with Crippen molar-refractivity contribution >= 4 is 11.8 Å². The van der Waals surface area contributed by atoms with Crippen LogP contribution in [-0.2, 0) is 36.0 Å². The number of benzene rings is 1. The second kappa shape index (κ2) is 8.51. The molecule has 160 valence electrons. The van der Waals surface area contributed by atoms with Gasteiger partial charge in [-0.1, -0.05) is 0 Å². The lowest BCUT2D eigenvalue weighted by atomic mass is 10.0. The van der Waals surface area contributed by atoms with Gasteiger partial charge in [-0.25, -0.2) is 8.78 Å². The van der Waals surface area contributed by atoms with Crippen molar-refractivity contribution in [2.75, 3.05) is 32.8 Å². The molecule has 0 atom stereocenters. The van der Waals surface area contributed by atoms with Gasteiger partial charge in [0.2, 0.25) is 5.91 Å². The molecule has 2 aromatic rings. The maximum atomic E-state index is 14.1. The highest BCUT2D eigenvalue weighted by Crippen LogP contribution is 2.25. The van der Waals surface area contributed by atoms with E-state index in [0.29, 0.717) is 58.7 Å². The van der Waals surface area contributed by atoms with Crippen LogP contribution in [-0.4, -0.2) is 64.2 Å². The molecule has 0 bridgehead atoms. The fourth-order valence-corrected chi connectivity index (χ4v) is 4.07. The average Bonchev–Trinajstić information content (AvgIpc) is 3.07. The molecular formula is C21H24F2N4O3. The van der Waals surface area contributed by atoms with E-state index in [2.05, 4.69) is 5.10 Å². The van der Waals surface area contributed by atoms with Crippen LogP contribution in [0.5, 0.6) is 0 Å². The van der Waals surface area contributed by atoms with Crippen molar-refractivity contribution in [1.82, 2.24) is 19.6 Å². The van der Waals surface area contributed by atoms with E-state index in [4.69, 9.17) is 4.74 Å².